The highest BCUT2D eigenvalue weighted by atomic mass is 16.5. The smallest absolute Gasteiger partial charge is 0.125 e. The van der Waals surface area contributed by atoms with Crippen LogP contribution < -0.4 is 4.74 Å². The summed E-state index contributed by atoms with van der Waals surface area (Å²) in [5.74, 6) is 0.788. The average molecular weight is 196 g/mol. The molecule has 1 aromatic rings. The minimum atomic E-state index is 0.110. The van der Waals surface area contributed by atoms with E-state index in [0.717, 1.165) is 16.9 Å². The minimum Gasteiger partial charge on any atom is -0.496 e. The van der Waals surface area contributed by atoms with Gasteiger partial charge in [0.1, 0.15) is 5.75 Å². The summed E-state index contributed by atoms with van der Waals surface area (Å²) >= 11 is 0. The maximum Gasteiger partial charge on any atom is 0.125 e. The van der Waals surface area contributed by atoms with Crippen molar-refractivity contribution in [2.24, 2.45) is 0 Å². The van der Waals surface area contributed by atoms with E-state index in [2.05, 4.69) is 0 Å². The molecule has 78 valence electrons. The summed E-state index contributed by atoms with van der Waals surface area (Å²) in [6.07, 6.45) is 1.17. The number of hydrogen-bond donors (Lipinski definition) is 2. The highest BCUT2D eigenvalue weighted by molar-refractivity contribution is 5.41. The van der Waals surface area contributed by atoms with Gasteiger partial charge < -0.3 is 14.9 Å². The van der Waals surface area contributed by atoms with Gasteiger partial charge in [-0.2, -0.15) is 0 Å². The van der Waals surface area contributed by atoms with Crippen molar-refractivity contribution in [1.82, 2.24) is 0 Å². The van der Waals surface area contributed by atoms with Gasteiger partial charge in [-0.3, -0.25) is 0 Å². The first-order valence-corrected chi connectivity index (χ1v) is 4.70. The molecule has 0 atom stereocenters. The van der Waals surface area contributed by atoms with E-state index < -0.39 is 0 Å². The first-order chi connectivity index (χ1) is 6.83. The Balaban J connectivity index is 2.98. The Kier molecular flexibility index (Phi) is 4.43. The number of aliphatic hydroxyl groups excluding tert-OH is 2. The van der Waals surface area contributed by atoms with Gasteiger partial charge in [0.15, 0.2) is 0 Å². The molecule has 0 heterocycles. The van der Waals surface area contributed by atoms with Crippen LogP contribution in [0.2, 0.25) is 0 Å². The molecule has 3 heteroatoms. The van der Waals surface area contributed by atoms with Crippen molar-refractivity contribution in [3.8, 4) is 5.75 Å². The molecule has 0 aliphatic rings. The molecule has 1 aromatic carbocycles. The normalized spacial score (nSPS) is 10.2. The zero-order valence-electron chi connectivity index (χ0n) is 8.36. The van der Waals surface area contributed by atoms with Crippen LogP contribution in [0.4, 0.5) is 0 Å². The lowest BCUT2D eigenvalue weighted by Crippen LogP contribution is -2.01. The Labute approximate surface area is 84.0 Å². The molecular weight excluding hydrogens is 180 g/mol. The zero-order chi connectivity index (χ0) is 10.4. The molecule has 0 amide bonds. The fourth-order valence-electron chi connectivity index (χ4n) is 1.53. The molecule has 1 rings (SSSR count). The molecule has 0 bridgehead atoms. The molecule has 0 aromatic heterocycles. The highest BCUT2D eigenvalue weighted by Crippen LogP contribution is 2.24. The molecule has 0 aliphatic heterocycles. The lowest BCUT2D eigenvalue weighted by molar-refractivity contribution is 0.292. The van der Waals surface area contributed by atoms with Gasteiger partial charge in [-0.05, 0) is 24.0 Å². The topological polar surface area (TPSA) is 49.7 Å². The Bertz CT molecular complexity index is 260. The van der Waals surface area contributed by atoms with Gasteiger partial charge in [-0.1, -0.05) is 18.2 Å². The third-order valence-electron chi connectivity index (χ3n) is 2.14. The van der Waals surface area contributed by atoms with E-state index in [1.165, 1.54) is 0 Å². The van der Waals surface area contributed by atoms with Crippen LogP contribution in [0.3, 0.4) is 0 Å². The van der Waals surface area contributed by atoms with E-state index in [0.29, 0.717) is 12.8 Å². The van der Waals surface area contributed by atoms with E-state index in [1.807, 2.05) is 18.2 Å². The van der Waals surface area contributed by atoms with Crippen LogP contribution in [0.5, 0.6) is 5.75 Å². The van der Waals surface area contributed by atoms with Crippen molar-refractivity contribution in [2.45, 2.75) is 12.8 Å². The Morgan fingerprint density at radius 2 is 1.57 bits per heavy atom. The number of benzene rings is 1. The number of rotatable bonds is 5. The molecule has 0 aliphatic carbocycles. The predicted molar refractivity (Wildman–Crippen MR) is 54.6 cm³/mol. The Morgan fingerprint density at radius 3 is 1.93 bits per heavy atom. The van der Waals surface area contributed by atoms with E-state index in [9.17, 15) is 0 Å². The molecule has 14 heavy (non-hydrogen) atoms. The minimum absolute atomic E-state index is 0.110. The standard InChI is InChI=1S/C11H16O3/c1-14-11-9(5-7-12)3-2-4-10(11)6-8-13/h2-4,12-13H,5-8H2,1H3. The van der Waals surface area contributed by atoms with Crippen molar-refractivity contribution in [2.75, 3.05) is 20.3 Å². The molecule has 0 fully saturated rings. The first kappa shape index (κ1) is 11.0. The molecule has 2 N–H and O–H groups in total. The largest absolute Gasteiger partial charge is 0.496 e. The van der Waals surface area contributed by atoms with Crippen molar-refractivity contribution in [3.63, 3.8) is 0 Å². The molecular formula is C11H16O3. The van der Waals surface area contributed by atoms with Crippen LogP contribution in [0.25, 0.3) is 0 Å². The summed E-state index contributed by atoms with van der Waals surface area (Å²) in [6.45, 7) is 0.220. The second-order valence-corrected chi connectivity index (χ2v) is 3.06. The lowest BCUT2D eigenvalue weighted by Gasteiger charge is -2.11. The number of methoxy groups -OCH3 is 1. The van der Waals surface area contributed by atoms with Crippen LogP contribution in [-0.2, 0) is 12.8 Å². The molecule has 0 unspecified atom stereocenters. The van der Waals surface area contributed by atoms with Gasteiger partial charge in [0.2, 0.25) is 0 Å². The summed E-state index contributed by atoms with van der Waals surface area (Å²) in [4.78, 5) is 0. The summed E-state index contributed by atoms with van der Waals surface area (Å²) in [7, 11) is 1.61. The summed E-state index contributed by atoms with van der Waals surface area (Å²) in [5.41, 5.74) is 1.97. The van der Waals surface area contributed by atoms with Crippen LogP contribution in [0, 0.1) is 0 Å². The zero-order valence-corrected chi connectivity index (χ0v) is 8.36. The number of ether oxygens (including phenoxy) is 1. The van der Waals surface area contributed by atoms with Crippen molar-refractivity contribution in [1.29, 1.82) is 0 Å². The van der Waals surface area contributed by atoms with Crippen LogP contribution >= 0.6 is 0 Å². The quantitative estimate of drug-likeness (QED) is 0.731. The summed E-state index contributed by atoms with van der Waals surface area (Å²) in [6, 6.07) is 5.77. The fraction of sp³-hybridized carbons (Fsp3) is 0.455. The molecule has 0 saturated heterocycles. The van der Waals surface area contributed by atoms with E-state index in [1.54, 1.807) is 7.11 Å². The maximum atomic E-state index is 8.86. The van der Waals surface area contributed by atoms with Gasteiger partial charge in [0.05, 0.1) is 7.11 Å². The Hall–Kier alpha value is -1.06. The monoisotopic (exact) mass is 196 g/mol. The van der Waals surface area contributed by atoms with Crippen LogP contribution in [0.1, 0.15) is 11.1 Å². The van der Waals surface area contributed by atoms with E-state index in [-0.39, 0.29) is 13.2 Å². The predicted octanol–water partition coefficient (Wildman–Crippen LogP) is 0.765. The summed E-state index contributed by atoms with van der Waals surface area (Å²) in [5, 5.41) is 17.7. The SMILES string of the molecule is COc1c(CCO)cccc1CCO. The Morgan fingerprint density at radius 1 is 1.07 bits per heavy atom. The van der Waals surface area contributed by atoms with Crippen molar-refractivity contribution >= 4 is 0 Å². The lowest BCUT2D eigenvalue weighted by atomic mass is 10.0. The summed E-state index contributed by atoms with van der Waals surface area (Å²) < 4.78 is 5.26. The van der Waals surface area contributed by atoms with Gasteiger partial charge >= 0.3 is 0 Å². The second kappa shape index (κ2) is 5.62. The van der Waals surface area contributed by atoms with Gasteiger partial charge in [0, 0.05) is 13.2 Å². The first-order valence-electron chi connectivity index (χ1n) is 4.70. The van der Waals surface area contributed by atoms with Crippen LogP contribution in [-0.4, -0.2) is 30.5 Å². The third kappa shape index (κ3) is 2.47. The van der Waals surface area contributed by atoms with E-state index >= 15 is 0 Å². The molecule has 0 spiro atoms. The maximum absolute atomic E-state index is 8.86. The van der Waals surface area contributed by atoms with Crippen molar-refractivity contribution < 1.29 is 14.9 Å². The fourth-order valence-corrected chi connectivity index (χ4v) is 1.53. The van der Waals surface area contributed by atoms with Crippen LogP contribution in [0.15, 0.2) is 18.2 Å². The molecule has 0 radical (unpaired) electrons. The van der Waals surface area contributed by atoms with Gasteiger partial charge in [-0.25, -0.2) is 0 Å². The third-order valence-corrected chi connectivity index (χ3v) is 2.14. The van der Waals surface area contributed by atoms with E-state index in [4.69, 9.17) is 14.9 Å². The number of aliphatic hydroxyl groups is 2. The number of hydrogen-bond acceptors (Lipinski definition) is 3. The molecule has 3 nitrogen and oxygen atoms in total. The van der Waals surface area contributed by atoms with Gasteiger partial charge in [0.25, 0.3) is 0 Å². The average Bonchev–Trinajstić information content (AvgIpc) is 2.19. The second-order valence-electron chi connectivity index (χ2n) is 3.06. The number of para-hydroxylation sites is 1. The van der Waals surface area contributed by atoms with Crippen molar-refractivity contribution in [3.05, 3.63) is 29.3 Å². The molecule has 0 saturated carbocycles. The highest BCUT2D eigenvalue weighted by Gasteiger charge is 2.07. The van der Waals surface area contributed by atoms with Gasteiger partial charge in [-0.15, -0.1) is 0 Å².